The molecule has 2 aromatic carbocycles. The van der Waals surface area contributed by atoms with Gasteiger partial charge in [-0.15, -0.1) is 0 Å². The summed E-state index contributed by atoms with van der Waals surface area (Å²) in [6, 6.07) is 8.87. The summed E-state index contributed by atoms with van der Waals surface area (Å²) in [6.07, 6.45) is 0. The molecule has 0 radical (unpaired) electrons. The van der Waals surface area contributed by atoms with Gasteiger partial charge >= 0.3 is 0 Å². The van der Waals surface area contributed by atoms with Gasteiger partial charge in [0.25, 0.3) is 10.0 Å². The number of benzene rings is 2. The van der Waals surface area contributed by atoms with Gasteiger partial charge in [0.2, 0.25) is 0 Å². The van der Waals surface area contributed by atoms with Crippen LogP contribution in [-0.2, 0) is 10.0 Å². The number of hydrogen-bond donors (Lipinski definition) is 1. The predicted molar refractivity (Wildman–Crippen MR) is 94.1 cm³/mol. The fourth-order valence-corrected chi connectivity index (χ4v) is 4.49. The summed E-state index contributed by atoms with van der Waals surface area (Å²) in [6.45, 7) is 7.37. The number of nitrogens with zero attached hydrogens (tertiary/aromatic N) is 1. The number of sulfonamides is 1. The average Bonchev–Trinajstić information content (AvgIpc) is 2.43. The van der Waals surface area contributed by atoms with Crippen molar-refractivity contribution in [2.45, 2.75) is 37.5 Å². The van der Waals surface area contributed by atoms with Crippen LogP contribution in [0.4, 0.5) is 5.69 Å². The Morgan fingerprint density at radius 2 is 1.61 bits per heavy atom. The van der Waals surface area contributed by atoms with Crippen LogP contribution in [0.1, 0.15) is 22.3 Å². The molecule has 2 aromatic rings. The van der Waals surface area contributed by atoms with E-state index in [2.05, 4.69) is 4.72 Å². The number of hydrogen-bond acceptors (Lipinski definition) is 4. The molecule has 0 aliphatic heterocycles. The van der Waals surface area contributed by atoms with Crippen molar-refractivity contribution in [3.63, 3.8) is 0 Å². The van der Waals surface area contributed by atoms with E-state index in [1.807, 2.05) is 32.2 Å². The van der Waals surface area contributed by atoms with E-state index in [0.29, 0.717) is 11.3 Å². The van der Waals surface area contributed by atoms with Gasteiger partial charge in [-0.2, -0.15) is 5.26 Å². The molecule has 2 rings (SSSR count). The lowest BCUT2D eigenvalue weighted by atomic mass is 10.1. The fourth-order valence-electron chi connectivity index (χ4n) is 2.49. The van der Waals surface area contributed by atoms with E-state index in [-0.39, 0.29) is 4.90 Å². The molecule has 0 aliphatic rings. The molecule has 1 N–H and O–H groups in total. The van der Waals surface area contributed by atoms with Crippen LogP contribution >= 0.6 is 11.8 Å². The molecule has 0 heterocycles. The first kappa shape index (κ1) is 17.4. The molecular formula is C17H18N2O2S2. The number of anilines is 1. The Kier molecular flexibility index (Phi) is 5.03. The second kappa shape index (κ2) is 6.65. The van der Waals surface area contributed by atoms with Crippen molar-refractivity contribution in [3.8, 4) is 5.40 Å². The Bertz CT molecular complexity index is 874. The highest BCUT2D eigenvalue weighted by Gasteiger charge is 2.19. The van der Waals surface area contributed by atoms with Gasteiger partial charge in [-0.1, -0.05) is 17.7 Å². The number of aryl methyl sites for hydroxylation is 4. The van der Waals surface area contributed by atoms with Crippen LogP contribution in [0.5, 0.6) is 0 Å². The van der Waals surface area contributed by atoms with Crippen LogP contribution in [0, 0.1) is 38.4 Å². The molecule has 0 aliphatic carbocycles. The molecule has 0 unspecified atom stereocenters. The second-order valence-electron chi connectivity index (χ2n) is 5.50. The molecule has 0 saturated heterocycles. The Morgan fingerprint density at radius 3 is 2.13 bits per heavy atom. The smallest absolute Gasteiger partial charge is 0.262 e. The van der Waals surface area contributed by atoms with E-state index in [1.54, 1.807) is 31.2 Å². The lowest BCUT2D eigenvalue weighted by Gasteiger charge is -2.15. The minimum absolute atomic E-state index is 0.275. The Balaban J connectivity index is 2.44. The van der Waals surface area contributed by atoms with Crippen molar-refractivity contribution in [2.75, 3.05) is 4.72 Å². The van der Waals surface area contributed by atoms with Crippen LogP contribution in [0.2, 0.25) is 0 Å². The normalized spacial score (nSPS) is 11.1. The monoisotopic (exact) mass is 346 g/mol. The van der Waals surface area contributed by atoms with Crippen LogP contribution in [0.3, 0.4) is 0 Å². The number of rotatable bonds is 4. The molecule has 0 atom stereocenters. The SMILES string of the molecule is Cc1ccc(S(=O)(=O)Nc2c(C)cc(SC#N)cc2C)c(C)c1. The van der Waals surface area contributed by atoms with Gasteiger partial charge in [-0.3, -0.25) is 4.72 Å². The highest BCUT2D eigenvalue weighted by molar-refractivity contribution is 8.03. The topological polar surface area (TPSA) is 70.0 Å². The summed E-state index contributed by atoms with van der Waals surface area (Å²) in [7, 11) is -3.65. The van der Waals surface area contributed by atoms with Crippen molar-refractivity contribution < 1.29 is 8.42 Å². The molecule has 4 nitrogen and oxygen atoms in total. The van der Waals surface area contributed by atoms with Gasteiger partial charge in [0.05, 0.1) is 10.6 Å². The molecule has 0 amide bonds. The van der Waals surface area contributed by atoms with Crippen molar-refractivity contribution in [3.05, 3.63) is 52.6 Å². The number of nitrogens with one attached hydrogen (secondary N) is 1. The van der Waals surface area contributed by atoms with E-state index >= 15 is 0 Å². The number of thiocyanates is 1. The van der Waals surface area contributed by atoms with E-state index in [4.69, 9.17) is 5.26 Å². The summed E-state index contributed by atoms with van der Waals surface area (Å²) in [5.41, 5.74) is 3.87. The van der Waals surface area contributed by atoms with Crippen molar-refractivity contribution >= 4 is 27.5 Å². The Morgan fingerprint density at radius 1 is 1.00 bits per heavy atom. The van der Waals surface area contributed by atoms with Gasteiger partial charge < -0.3 is 0 Å². The minimum atomic E-state index is -3.65. The van der Waals surface area contributed by atoms with Crippen LogP contribution in [-0.4, -0.2) is 8.42 Å². The standard InChI is InChI=1S/C17H18N2O2S2/c1-11-5-6-16(12(2)7-11)23(20,21)19-17-13(3)8-15(22-10-18)9-14(17)4/h5-9,19H,1-4H3. The van der Waals surface area contributed by atoms with Crippen LogP contribution < -0.4 is 4.72 Å². The maximum atomic E-state index is 12.7. The van der Waals surface area contributed by atoms with Crippen LogP contribution in [0.25, 0.3) is 0 Å². The highest BCUT2D eigenvalue weighted by Crippen LogP contribution is 2.29. The molecule has 0 saturated carbocycles. The van der Waals surface area contributed by atoms with Gasteiger partial charge in [-0.05, 0) is 74.3 Å². The third kappa shape index (κ3) is 3.87. The molecule has 120 valence electrons. The lowest BCUT2D eigenvalue weighted by Crippen LogP contribution is -2.16. The first-order valence-corrected chi connectivity index (χ1v) is 9.32. The molecule has 23 heavy (non-hydrogen) atoms. The van der Waals surface area contributed by atoms with Gasteiger partial charge in [-0.25, -0.2) is 8.42 Å². The third-order valence-corrected chi connectivity index (χ3v) is 5.60. The zero-order chi connectivity index (χ0) is 17.2. The van der Waals surface area contributed by atoms with Gasteiger partial charge in [0.1, 0.15) is 5.40 Å². The summed E-state index contributed by atoms with van der Waals surface area (Å²) in [4.78, 5) is 1.08. The quantitative estimate of drug-likeness (QED) is 0.662. The molecule has 0 spiro atoms. The summed E-state index contributed by atoms with van der Waals surface area (Å²) in [5.74, 6) is 0. The highest BCUT2D eigenvalue weighted by atomic mass is 32.2. The van der Waals surface area contributed by atoms with Gasteiger partial charge in [0, 0.05) is 4.90 Å². The van der Waals surface area contributed by atoms with E-state index < -0.39 is 10.0 Å². The molecular weight excluding hydrogens is 328 g/mol. The molecule has 0 bridgehead atoms. The van der Waals surface area contributed by atoms with E-state index in [0.717, 1.165) is 33.3 Å². The van der Waals surface area contributed by atoms with Crippen molar-refractivity contribution in [1.29, 1.82) is 5.26 Å². The summed E-state index contributed by atoms with van der Waals surface area (Å²) >= 11 is 1.06. The lowest BCUT2D eigenvalue weighted by molar-refractivity contribution is 0.600. The minimum Gasteiger partial charge on any atom is -0.279 e. The Hall–Kier alpha value is -1.97. The third-order valence-electron chi connectivity index (χ3n) is 3.53. The molecule has 6 heteroatoms. The number of nitriles is 1. The zero-order valence-electron chi connectivity index (χ0n) is 13.5. The largest absolute Gasteiger partial charge is 0.279 e. The number of thioether (sulfide) groups is 1. The van der Waals surface area contributed by atoms with Crippen molar-refractivity contribution in [1.82, 2.24) is 0 Å². The first-order chi connectivity index (χ1) is 10.7. The van der Waals surface area contributed by atoms with E-state index in [1.165, 1.54) is 0 Å². The average molecular weight is 346 g/mol. The summed E-state index contributed by atoms with van der Waals surface area (Å²) < 4.78 is 28.0. The summed E-state index contributed by atoms with van der Waals surface area (Å²) in [5, 5.41) is 10.8. The van der Waals surface area contributed by atoms with Crippen molar-refractivity contribution in [2.24, 2.45) is 0 Å². The molecule has 0 fully saturated rings. The first-order valence-electron chi connectivity index (χ1n) is 7.02. The van der Waals surface area contributed by atoms with E-state index in [9.17, 15) is 8.42 Å². The maximum absolute atomic E-state index is 12.7. The predicted octanol–water partition coefficient (Wildman–Crippen LogP) is 4.29. The van der Waals surface area contributed by atoms with Gasteiger partial charge in [0.15, 0.2) is 0 Å². The zero-order valence-corrected chi connectivity index (χ0v) is 15.1. The fraction of sp³-hybridized carbons (Fsp3) is 0.235. The molecule has 0 aromatic heterocycles. The maximum Gasteiger partial charge on any atom is 0.262 e. The van der Waals surface area contributed by atoms with Crippen LogP contribution in [0.15, 0.2) is 40.1 Å². The Labute approximate surface area is 141 Å². The second-order valence-corrected chi connectivity index (χ2v) is 8.01.